The first-order valence-electron chi connectivity index (χ1n) is 4.44. The van der Waals surface area contributed by atoms with Crippen LogP contribution in [0.3, 0.4) is 0 Å². The number of hydrogen-bond donors (Lipinski definition) is 1. The topological polar surface area (TPSA) is 23.5 Å². The van der Waals surface area contributed by atoms with E-state index < -0.39 is 0 Å². The van der Waals surface area contributed by atoms with Crippen LogP contribution in [0.1, 0.15) is 19.8 Å². The van der Waals surface area contributed by atoms with Crippen LogP contribution in [0.2, 0.25) is 0 Å². The van der Waals surface area contributed by atoms with Crippen molar-refractivity contribution in [1.29, 1.82) is 0 Å². The van der Waals surface area contributed by atoms with Crippen molar-refractivity contribution in [3.63, 3.8) is 0 Å². The molecular weight excluding hydrogens is 138 g/mol. The van der Waals surface area contributed by atoms with E-state index in [0.29, 0.717) is 11.8 Å². The lowest BCUT2D eigenvalue weighted by atomic mass is 10.0. The summed E-state index contributed by atoms with van der Waals surface area (Å²) in [6, 6.07) is 0. The molecule has 1 N–H and O–H groups in total. The quantitative estimate of drug-likeness (QED) is 0.645. The van der Waals surface area contributed by atoms with Gasteiger partial charge in [0.25, 0.3) is 0 Å². The Balaban J connectivity index is 2.36. The van der Waals surface area contributed by atoms with Crippen molar-refractivity contribution in [3.05, 3.63) is 0 Å². The van der Waals surface area contributed by atoms with E-state index in [4.69, 9.17) is 0 Å². The van der Waals surface area contributed by atoms with Crippen LogP contribution >= 0.6 is 0 Å². The maximum absolute atomic E-state index is 9.68. The molecule has 0 aliphatic heterocycles. The minimum atomic E-state index is -0.0580. The first kappa shape index (κ1) is 9.01. The normalized spacial score (nSPS) is 38.5. The highest BCUT2D eigenvalue weighted by molar-refractivity contribution is 4.83. The average Bonchev–Trinajstić information content (AvgIpc) is 2.18. The predicted octanol–water partition coefficient (Wildman–Crippen LogP) is 0.955. The van der Waals surface area contributed by atoms with Crippen LogP contribution in [0.25, 0.3) is 0 Å². The molecule has 0 bridgehead atoms. The number of nitrogens with zero attached hydrogens (tertiary/aromatic N) is 1. The van der Waals surface area contributed by atoms with Gasteiger partial charge in [-0.3, -0.25) is 0 Å². The van der Waals surface area contributed by atoms with Gasteiger partial charge < -0.3 is 10.0 Å². The summed E-state index contributed by atoms with van der Waals surface area (Å²) in [7, 11) is 4.13. The van der Waals surface area contributed by atoms with Crippen molar-refractivity contribution < 1.29 is 5.11 Å². The van der Waals surface area contributed by atoms with Gasteiger partial charge in [-0.15, -0.1) is 0 Å². The molecule has 1 saturated carbocycles. The smallest absolute Gasteiger partial charge is 0.0606 e. The Bertz CT molecular complexity index is 125. The Morgan fingerprint density at radius 1 is 1.36 bits per heavy atom. The highest BCUT2D eigenvalue weighted by atomic mass is 16.3. The van der Waals surface area contributed by atoms with Crippen molar-refractivity contribution in [2.45, 2.75) is 25.9 Å². The van der Waals surface area contributed by atoms with Crippen LogP contribution in [-0.4, -0.2) is 36.8 Å². The Hall–Kier alpha value is -0.0800. The molecule has 0 aromatic heterocycles. The van der Waals surface area contributed by atoms with E-state index in [0.717, 1.165) is 6.54 Å². The van der Waals surface area contributed by atoms with E-state index in [9.17, 15) is 5.11 Å². The fourth-order valence-corrected chi connectivity index (χ4v) is 1.95. The highest BCUT2D eigenvalue weighted by Gasteiger charge is 2.31. The number of hydrogen-bond acceptors (Lipinski definition) is 2. The minimum Gasteiger partial charge on any atom is -0.393 e. The Morgan fingerprint density at radius 2 is 2.00 bits per heavy atom. The van der Waals surface area contributed by atoms with Crippen LogP contribution < -0.4 is 0 Å². The van der Waals surface area contributed by atoms with Gasteiger partial charge in [-0.25, -0.2) is 0 Å². The Morgan fingerprint density at radius 3 is 2.36 bits per heavy atom. The van der Waals surface area contributed by atoms with Gasteiger partial charge in [0.15, 0.2) is 0 Å². The van der Waals surface area contributed by atoms with Crippen LogP contribution in [0.5, 0.6) is 0 Å². The van der Waals surface area contributed by atoms with Gasteiger partial charge in [-0.2, -0.15) is 0 Å². The van der Waals surface area contributed by atoms with E-state index in [1.54, 1.807) is 0 Å². The van der Waals surface area contributed by atoms with E-state index in [1.165, 1.54) is 12.8 Å². The summed E-state index contributed by atoms with van der Waals surface area (Å²) in [6.07, 6.45) is 2.33. The molecule has 1 aliphatic carbocycles. The maximum atomic E-state index is 9.68. The monoisotopic (exact) mass is 157 g/mol. The van der Waals surface area contributed by atoms with Crippen LogP contribution in [0.15, 0.2) is 0 Å². The van der Waals surface area contributed by atoms with E-state index in [2.05, 4.69) is 25.9 Å². The number of aliphatic hydroxyl groups excluding tert-OH is 1. The summed E-state index contributed by atoms with van der Waals surface area (Å²) in [5, 5.41) is 9.68. The lowest BCUT2D eigenvalue weighted by Crippen LogP contribution is -2.29. The fourth-order valence-electron chi connectivity index (χ4n) is 1.95. The molecule has 0 aromatic carbocycles. The van der Waals surface area contributed by atoms with Crippen molar-refractivity contribution in [2.75, 3.05) is 20.6 Å². The lowest BCUT2D eigenvalue weighted by Gasteiger charge is -2.20. The SMILES string of the molecule is CC1CCC(CN(C)C)C1O. The van der Waals surface area contributed by atoms with Gasteiger partial charge in [0.1, 0.15) is 0 Å². The van der Waals surface area contributed by atoms with Gasteiger partial charge in [0.2, 0.25) is 0 Å². The van der Waals surface area contributed by atoms with Crippen LogP contribution in [0.4, 0.5) is 0 Å². The second-order valence-electron chi connectivity index (χ2n) is 4.07. The third kappa shape index (κ3) is 2.17. The summed E-state index contributed by atoms with van der Waals surface area (Å²) < 4.78 is 0. The summed E-state index contributed by atoms with van der Waals surface area (Å²) in [5.41, 5.74) is 0. The third-order valence-electron chi connectivity index (χ3n) is 2.66. The molecule has 0 amide bonds. The average molecular weight is 157 g/mol. The summed E-state index contributed by atoms with van der Waals surface area (Å²) in [6.45, 7) is 3.17. The maximum Gasteiger partial charge on any atom is 0.0606 e. The lowest BCUT2D eigenvalue weighted by molar-refractivity contribution is 0.0848. The first-order valence-corrected chi connectivity index (χ1v) is 4.44. The molecule has 0 aromatic rings. The van der Waals surface area contributed by atoms with Gasteiger partial charge in [0.05, 0.1) is 6.10 Å². The van der Waals surface area contributed by atoms with Gasteiger partial charge in [-0.05, 0) is 38.8 Å². The van der Waals surface area contributed by atoms with E-state index >= 15 is 0 Å². The molecule has 0 saturated heterocycles. The van der Waals surface area contributed by atoms with Crippen molar-refractivity contribution >= 4 is 0 Å². The summed E-state index contributed by atoms with van der Waals surface area (Å²) in [5.74, 6) is 1.03. The molecule has 1 fully saturated rings. The van der Waals surface area contributed by atoms with Crippen LogP contribution in [0, 0.1) is 11.8 Å². The molecule has 0 heterocycles. The van der Waals surface area contributed by atoms with Crippen LogP contribution in [-0.2, 0) is 0 Å². The number of aliphatic hydroxyl groups is 1. The van der Waals surface area contributed by atoms with Crippen molar-refractivity contribution in [3.8, 4) is 0 Å². The molecular formula is C9H19NO. The zero-order chi connectivity index (χ0) is 8.43. The van der Waals surface area contributed by atoms with E-state index in [-0.39, 0.29) is 6.10 Å². The molecule has 1 aliphatic rings. The highest BCUT2D eigenvalue weighted by Crippen LogP contribution is 2.30. The van der Waals surface area contributed by atoms with Crippen molar-refractivity contribution in [1.82, 2.24) is 4.90 Å². The molecule has 2 heteroatoms. The zero-order valence-corrected chi connectivity index (χ0v) is 7.75. The largest absolute Gasteiger partial charge is 0.393 e. The van der Waals surface area contributed by atoms with Gasteiger partial charge in [0, 0.05) is 6.54 Å². The summed E-state index contributed by atoms with van der Waals surface area (Å²) in [4.78, 5) is 2.16. The Kier molecular flexibility index (Phi) is 2.90. The molecule has 1 rings (SSSR count). The zero-order valence-electron chi connectivity index (χ0n) is 7.75. The molecule has 0 spiro atoms. The minimum absolute atomic E-state index is 0.0580. The second kappa shape index (κ2) is 3.55. The number of rotatable bonds is 2. The second-order valence-corrected chi connectivity index (χ2v) is 4.07. The van der Waals surface area contributed by atoms with E-state index in [1.807, 2.05) is 0 Å². The molecule has 0 radical (unpaired) electrons. The van der Waals surface area contributed by atoms with Gasteiger partial charge in [-0.1, -0.05) is 6.92 Å². The molecule has 11 heavy (non-hydrogen) atoms. The third-order valence-corrected chi connectivity index (χ3v) is 2.66. The van der Waals surface area contributed by atoms with Gasteiger partial charge >= 0.3 is 0 Å². The molecule has 3 unspecified atom stereocenters. The van der Waals surface area contributed by atoms with Crippen molar-refractivity contribution in [2.24, 2.45) is 11.8 Å². The summed E-state index contributed by atoms with van der Waals surface area (Å²) >= 11 is 0. The Labute approximate surface area is 69.2 Å². The molecule has 66 valence electrons. The molecule has 2 nitrogen and oxygen atoms in total. The molecule has 3 atom stereocenters. The standard InChI is InChI=1S/C9H19NO/c1-7-4-5-8(9(7)11)6-10(2)3/h7-9,11H,4-6H2,1-3H3. The predicted molar refractivity (Wildman–Crippen MR) is 46.4 cm³/mol. The fraction of sp³-hybridized carbons (Fsp3) is 1.00. The first-order chi connectivity index (χ1) is 5.11.